The van der Waals surface area contributed by atoms with Gasteiger partial charge in [0.25, 0.3) is 5.91 Å². The Morgan fingerprint density at radius 3 is 2.84 bits per heavy atom. The molecule has 0 spiro atoms. The summed E-state index contributed by atoms with van der Waals surface area (Å²) >= 11 is 0. The van der Waals surface area contributed by atoms with Crippen LogP contribution in [0.15, 0.2) is 47.1 Å². The molecule has 1 aliphatic heterocycles. The molecule has 0 bridgehead atoms. The van der Waals surface area contributed by atoms with Gasteiger partial charge in [0.15, 0.2) is 5.76 Å². The Morgan fingerprint density at radius 1 is 1.21 bits per heavy atom. The minimum absolute atomic E-state index is 0.0220. The second-order valence-electron chi connectivity index (χ2n) is 4.59. The lowest BCUT2D eigenvalue weighted by molar-refractivity contribution is 0.0282. The fraction of sp³-hybridized carbons (Fsp3) is 0.267. The van der Waals surface area contributed by atoms with Crippen molar-refractivity contribution in [3.8, 4) is 0 Å². The van der Waals surface area contributed by atoms with Crippen LogP contribution in [0.1, 0.15) is 21.7 Å². The van der Waals surface area contributed by atoms with E-state index in [2.05, 4.69) is 17.4 Å². The summed E-state index contributed by atoms with van der Waals surface area (Å²) in [5.41, 5.74) is 2.53. The van der Waals surface area contributed by atoms with Crippen molar-refractivity contribution in [2.45, 2.75) is 19.1 Å². The summed E-state index contributed by atoms with van der Waals surface area (Å²) in [5.74, 6) is 0.128. The van der Waals surface area contributed by atoms with Gasteiger partial charge in [-0.05, 0) is 23.3 Å². The molecule has 1 amide bonds. The lowest BCUT2D eigenvalue weighted by Gasteiger charge is -2.25. The third-order valence-electron chi connectivity index (χ3n) is 3.28. The Balaban J connectivity index is 1.57. The quantitative estimate of drug-likeness (QED) is 0.916. The van der Waals surface area contributed by atoms with Crippen LogP contribution in [0.5, 0.6) is 0 Å². The van der Waals surface area contributed by atoms with Crippen LogP contribution in [0.3, 0.4) is 0 Å². The van der Waals surface area contributed by atoms with E-state index < -0.39 is 0 Å². The van der Waals surface area contributed by atoms with Gasteiger partial charge in [-0.3, -0.25) is 4.79 Å². The van der Waals surface area contributed by atoms with E-state index in [9.17, 15) is 4.79 Å². The normalized spacial score (nSPS) is 17.8. The van der Waals surface area contributed by atoms with Crippen LogP contribution in [0, 0.1) is 0 Å². The molecule has 4 nitrogen and oxygen atoms in total. The molecule has 0 saturated heterocycles. The predicted octanol–water partition coefficient (Wildman–Crippen LogP) is 2.15. The van der Waals surface area contributed by atoms with Gasteiger partial charge >= 0.3 is 0 Å². The van der Waals surface area contributed by atoms with E-state index in [0.717, 1.165) is 6.42 Å². The first-order chi connectivity index (χ1) is 9.33. The fourth-order valence-corrected chi connectivity index (χ4v) is 2.24. The number of ether oxygens (including phenoxy) is 1. The molecule has 4 heteroatoms. The van der Waals surface area contributed by atoms with Gasteiger partial charge in [0.1, 0.15) is 0 Å². The minimum Gasteiger partial charge on any atom is -0.459 e. The first kappa shape index (κ1) is 12.0. The molecule has 1 aromatic heterocycles. The fourth-order valence-electron chi connectivity index (χ4n) is 2.24. The van der Waals surface area contributed by atoms with Gasteiger partial charge in [0.05, 0.1) is 19.0 Å². The maximum absolute atomic E-state index is 11.7. The molecule has 0 unspecified atom stereocenters. The monoisotopic (exact) mass is 257 g/mol. The van der Waals surface area contributed by atoms with Crippen LogP contribution in [-0.2, 0) is 17.8 Å². The Hall–Kier alpha value is -2.07. The smallest absolute Gasteiger partial charge is 0.287 e. The molecule has 19 heavy (non-hydrogen) atoms. The second kappa shape index (κ2) is 5.28. The van der Waals surface area contributed by atoms with Crippen molar-refractivity contribution in [1.82, 2.24) is 5.32 Å². The van der Waals surface area contributed by atoms with E-state index in [4.69, 9.17) is 9.15 Å². The van der Waals surface area contributed by atoms with Gasteiger partial charge in [0.2, 0.25) is 0 Å². The SMILES string of the molecule is O=C(NC[C@H]1Cc2ccccc2CO1)c1ccco1. The van der Waals surface area contributed by atoms with Crippen LogP contribution in [0.25, 0.3) is 0 Å². The molecule has 1 atom stereocenters. The van der Waals surface area contributed by atoms with Gasteiger partial charge < -0.3 is 14.5 Å². The Morgan fingerprint density at radius 2 is 2.05 bits per heavy atom. The van der Waals surface area contributed by atoms with Crippen LogP contribution < -0.4 is 5.32 Å². The number of fused-ring (bicyclic) bond motifs is 1. The molecular formula is C15H15NO3. The molecule has 0 radical (unpaired) electrons. The van der Waals surface area contributed by atoms with Crippen LogP contribution in [0.2, 0.25) is 0 Å². The number of carbonyl (C=O) groups is 1. The summed E-state index contributed by atoms with van der Waals surface area (Å²) in [6, 6.07) is 11.6. The number of hydrogen-bond acceptors (Lipinski definition) is 3. The van der Waals surface area contributed by atoms with Gasteiger partial charge in [-0.15, -0.1) is 0 Å². The molecular weight excluding hydrogens is 242 g/mol. The van der Waals surface area contributed by atoms with E-state index in [1.807, 2.05) is 12.1 Å². The van der Waals surface area contributed by atoms with Gasteiger partial charge in [0, 0.05) is 13.0 Å². The van der Waals surface area contributed by atoms with Crippen LogP contribution >= 0.6 is 0 Å². The number of benzene rings is 1. The van der Waals surface area contributed by atoms with Gasteiger partial charge in [-0.25, -0.2) is 0 Å². The highest BCUT2D eigenvalue weighted by Gasteiger charge is 2.19. The summed E-state index contributed by atoms with van der Waals surface area (Å²) < 4.78 is 10.8. The predicted molar refractivity (Wildman–Crippen MR) is 69.8 cm³/mol. The number of carbonyl (C=O) groups excluding carboxylic acids is 1. The third-order valence-corrected chi connectivity index (χ3v) is 3.28. The molecule has 2 aromatic rings. The minimum atomic E-state index is -0.201. The van der Waals surface area contributed by atoms with E-state index in [0.29, 0.717) is 18.9 Å². The second-order valence-corrected chi connectivity index (χ2v) is 4.59. The number of furan rings is 1. The molecule has 0 fully saturated rings. The number of nitrogens with one attached hydrogen (secondary N) is 1. The molecule has 1 aromatic carbocycles. The molecule has 98 valence electrons. The highest BCUT2D eigenvalue weighted by molar-refractivity contribution is 5.91. The first-order valence-electron chi connectivity index (χ1n) is 6.33. The number of hydrogen-bond donors (Lipinski definition) is 1. The third kappa shape index (κ3) is 2.69. The summed E-state index contributed by atoms with van der Waals surface area (Å²) in [4.78, 5) is 11.7. The van der Waals surface area contributed by atoms with Crippen LogP contribution in [0.4, 0.5) is 0 Å². The van der Waals surface area contributed by atoms with Crippen molar-refractivity contribution < 1.29 is 13.9 Å². The largest absolute Gasteiger partial charge is 0.459 e. The zero-order chi connectivity index (χ0) is 13.1. The molecule has 0 saturated carbocycles. The number of rotatable bonds is 3. The van der Waals surface area contributed by atoms with Gasteiger partial charge in [-0.1, -0.05) is 24.3 Å². The Kier molecular flexibility index (Phi) is 3.33. The molecule has 1 N–H and O–H groups in total. The highest BCUT2D eigenvalue weighted by atomic mass is 16.5. The first-order valence-corrected chi connectivity index (χ1v) is 6.33. The van der Waals surface area contributed by atoms with Crippen molar-refractivity contribution >= 4 is 5.91 Å². The summed E-state index contributed by atoms with van der Waals surface area (Å²) in [7, 11) is 0. The highest BCUT2D eigenvalue weighted by Crippen LogP contribution is 2.19. The molecule has 0 aliphatic carbocycles. The summed E-state index contributed by atoms with van der Waals surface area (Å²) in [6.07, 6.45) is 2.34. The summed E-state index contributed by atoms with van der Waals surface area (Å²) in [6.45, 7) is 1.10. The number of amides is 1. The van der Waals surface area contributed by atoms with E-state index in [-0.39, 0.29) is 12.0 Å². The summed E-state index contributed by atoms with van der Waals surface area (Å²) in [5, 5.41) is 2.83. The molecule has 3 rings (SSSR count). The van der Waals surface area contributed by atoms with E-state index in [1.54, 1.807) is 12.1 Å². The standard InChI is InChI=1S/C15H15NO3/c17-15(14-6-3-7-18-14)16-9-13-8-11-4-1-2-5-12(11)10-19-13/h1-7,13H,8-10H2,(H,16,17)/t13-/m1/s1. The van der Waals surface area contributed by atoms with Gasteiger partial charge in [-0.2, -0.15) is 0 Å². The van der Waals surface area contributed by atoms with Crippen molar-refractivity contribution in [1.29, 1.82) is 0 Å². The Labute approximate surface area is 111 Å². The van der Waals surface area contributed by atoms with E-state index in [1.165, 1.54) is 17.4 Å². The Bertz CT molecular complexity index is 563. The average Bonchev–Trinajstić information content (AvgIpc) is 2.99. The maximum Gasteiger partial charge on any atom is 0.287 e. The average molecular weight is 257 g/mol. The molecule has 1 aliphatic rings. The zero-order valence-corrected chi connectivity index (χ0v) is 10.5. The van der Waals surface area contributed by atoms with Crippen molar-refractivity contribution in [2.75, 3.05) is 6.54 Å². The van der Waals surface area contributed by atoms with Crippen molar-refractivity contribution in [3.05, 3.63) is 59.5 Å². The maximum atomic E-state index is 11.7. The zero-order valence-electron chi connectivity index (χ0n) is 10.5. The lowest BCUT2D eigenvalue weighted by atomic mass is 9.99. The topological polar surface area (TPSA) is 51.5 Å². The van der Waals surface area contributed by atoms with Crippen molar-refractivity contribution in [3.63, 3.8) is 0 Å². The van der Waals surface area contributed by atoms with Crippen LogP contribution in [-0.4, -0.2) is 18.6 Å². The lowest BCUT2D eigenvalue weighted by Crippen LogP contribution is -2.36. The van der Waals surface area contributed by atoms with Crippen molar-refractivity contribution in [2.24, 2.45) is 0 Å². The van der Waals surface area contributed by atoms with E-state index >= 15 is 0 Å². The molecule has 2 heterocycles.